The normalized spacial score (nSPS) is 16.9. The summed E-state index contributed by atoms with van der Waals surface area (Å²) < 4.78 is 27.1. The minimum atomic E-state index is -0.737. The number of hydrogen-bond donors (Lipinski definition) is 1. The number of halogens is 2. The van der Waals surface area contributed by atoms with Crippen LogP contribution >= 0.6 is 0 Å². The fourth-order valence-corrected chi connectivity index (χ4v) is 3.54. The average molecular weight is 384 g/mol. The molecule has 0 saturated heterocycles. The Bertz CT molecular complexity index is 1040. The van der Waals surface area contributed by atoms with Crippen molar-refractivity contribution in [3.8, 4) is 0 Å². The molecule has 0 amide bonds. The number of rotatable bonds is 1. The molecule has 2 aliphatic rings. The topological polar surface area (TPSA) is 69.2 Å². The van der Waals surface area contributed by atoms with Crippen molar-refractivity contribution in [1.29, 1.82) is 0 Å². The van der Waals surface area contributed by atoms with Crippen molar-refractivity contribution < 1.29 is 13.7 Å². The summed E-state index contributed by atoms with van der Waals surface area (Å²) in [4.78, 5) is 9.82. The molecule has 0 bridgehead atoms. The average Bonchev–Trinajstić information content (AvgIpc) is 3.09. The number of nitrogen functional groups attached to an aromatic ring is 1. The minimum Gasteiger partial charge on any atom is -0.396 e. The number of anilines is 1. The first kappa shape index (κ1) is 19.7. The van der Waals surface area contributed by atoms with E-state index in [1.165, 1.54) is 6.07 Å². The van der Waals surface area contributed by atoms with Crippen molar-refractivity contribution in [1.82, 2.24) is 0 Å². The summed E-state index contributed by atoms with van der Waals surface area (Å²) in [6.45, 7) is 8.01. The number of hydrogen-bond acceptors (Lipinski definition) is 3. The first-order valence-electron chi connectivity index (χ1n) is 8.90. The van der Waals surface area contributed by atoms with Gasteiger partial charge in [0.15, 0.2) is 5.82 Å². The largest absolute Gasteiger partial charge is 0.396 e. The second-order valence-corrected chi connectivity index (χ2v) is 8.16. The van der Waals surface area contributed by atoms with Gasteiger partial charge in [-0.25, -0.2) is 4.39 Å². The molecule has 0 saturated carbocycles. The van der Waals surface area contributed by atoms with Crippen molar-refractivity contribution in [3.05, 3.63) is 80.4 Å². The molecule has 4 rings (SSSR count). The van der Waals surface area contributed by atoms with Gasteiger partial charge >= 0.3 is 5.69 Å². The highest BCUT2D eigenvalue weighted by atomic mass is 19.1. The van der Waals surface area contributed by atoms with Crippen LogP contribution in [0.4, 0.5) is 20.2 Å². The molecule has 0 fully saturated rings. The minimum absolute atomic E-state index is 0.0656. The van der Waals surface area contributed by atoms with Crippen LogP contribution in [0.1, 0.15) is 49.9 Å². The van der Waals surface area contributed by atoms with E-state index in [0.717, 1.165) is 11.1 Å². The molecule has 0 heterocycles. The van der Waals surface area contributed by atoms with Crippen LogP contribution < -0.4 is 5.73 Å². The van der Waals surface area contributed by atoms with E-state index in [9.17, 15) is 18.9 Å². The highest BCUT2D eigenvalue weighted by Crippen LogP contribution is 2.39. The van der Waals surface area contributed by atoms with Crippen molar-refractivity contribution in [2.24, 2.45) is 0 Å². The monoisotopic (exact) mass is 384 g/mol. The quantitative estimate of drug-likeness (QED) is 0.387. The van der Waals surface area contributed by atoms with Crippen LogP contribution in [-0.4, -0.2) is 4.92 Å². The second-order valence-electron chi connectivity index (χ2n) is 8.16. The standard InChI is InChI=1S/C11H10FNO2.C11H12FN/c1-11(2)6-5-7-8(11)3-4-9(10(7)12)13(14)15;1-11(2)6-5-7-8(11)3-4-9(13)10(7)12/h3-6H,1-2H3;3-6H,13H2,1-2H3. The molecular formula is C22H22F2N2O2. The summed E-state index contributed by atoms with van der Waals surface area (Å²) in [5, 5.41) is 10.5. The summed E-state index contributed by atoms with van der Waals surface area (Å²) in [5.74, 6) is -1.03. The zero-order chi connectivity index (χ0) is 20.9. The molecule has 0 spiro atoms. The molecule has 4 nitrogen and oxygen atoms in total. The SMILES string of the molecule is CC1(C)C=Cc2c1ccc(N)c2F.CC1(C)C=Cc2c1ccc([N+](=O)[O-])c2F. The highest BCUT2D eigenvalue weighted by Gasteiger charge is 2.30. The van der Waals surface area contributed by atoms with Gasteiger partial charge in [-0.1, -0.05) is 64.1 Å². The van der Waals surface area contributed by atoms with Gasteiger partial charge in [0.25, 0.3) is 0 Å². The molecule has 0 atom stereocenters. The van der Waals surface area contributed by atoms with Crippen molar-refractivity contribution in [2.75, 3.05) is 5.73 Å². The Kier molecular flexibility index (Phi) is 4.61. The third-order valence-corrected chi connectivity index (χ3v) is 5.29. The van der Waals surface area contributed by atoms with E-state index in [1.807, 2.05) is 32.1 Å². The first-order chi connectivity index (χ1) is 13.0. The van der Waals surface area contributed by atoms with E-state index >= 15 is 0 Å². The number of fused-ring (bicyclic) bond motifs is 2. The van der Waals surface area contributed by atoms with Gasteiger partial charge < -0.3 is 5.73 Å². The third kappa shape index (κ3) is 3.19. The molecule has 6 heteroatoms. The molecule has 146 valence electrons. The van der Waals surface area contributed by atoms with Crippen LogP contribution in [-0.2, 0) is 10.8 Å². The smallest absolute Gasteiger partial charge is 0.305 e. The van der Waals surface area contributed by atoms with E-state index in [4.69, 9.17) is 5.73 Å². The van der Waals surface area contributed by atoms with Gasteiger partial charge in [0, 0.05) is 28.0 Å². The van der Waals surface area contributed by atoms with Gasteiger partial charge in [0.1, 0.15) is 0 Å². The zero-order valence-corrected chi connectivity index (χ0v) is 16.2. The van der Waals surface area contributed by atoms with Crippen LogP contribution in [0.2, 0.25) is 0 Å². The molecule has 28 heavy (non-hydrogen) atoms. The number of benzene rings is 2. The second kappa shape index (κ2) is 6.55. The Morgan fingerprint density at radius 1 is 0.857 bits per heavy atom. The van der Waals surface area contributed by atoms with Crippen LogP contribution in [0.3, 0.4) is 0 Å². The number of nitrogens with zero attached hydrogens (tertiary/aromatic N) is 1. The van der Waals surface area contributed by atoms with Crippen molar-refractivity contribution in [2.45, 2.75) is 38.5 Å². The third-order valence-electron chi connectivity index (χ3n) is 5.29. The van der Waals surface area contributed by atoms with E-state index in [1.54, 1.807) is 24.3 Å². The summed E-state index contributed by atoms with van der Waals surface area (Å²) in [7, 11) is 0. The van der Waals surface area contributed by atoms with Crippen LogP contribution in [0.15, 0.2) is 36.4 Å². The van der Waals surface area contributed by atoms with Gasteiger partial charge in [-0.15, -0.1) is 0 Å². The lowest BCUT2D eigenvalue weighted by Gasteiger charge is -2.17. The Balaban J connectivity index is 0.000000162. The highest BCUT2D eigenvalue weighted by molar-refractivity contribution is 5.69. The summed E-state index contributed by atoms with van der Waals surface area (Å²) in [6, 6.07) is 6.37. The molecule has 2 N–H and O–H groups in total. The predicted molar refractivity (Wildman–Crippen MR) is 108 cm³/mol. The lowest BCUT2D eigenvalue weighted by atomic mass is 9.87. The number of nitrogens with two attached hydrogens (primary N) is 1. The Hall–Kier alpha value is -3.02. The maximum absolute atomic E-state index is 13.7. The number of nitro groups is 1. The summed E-state index contributed by atoms with van der Waals surface area (Å²) in [6.07, 6.45) is 7.27. The molecule has 2 aromatic rings. The van der Waals surface area contributed by atoms with E-state index in [-0.39, 0.29) is 22.3 Å². The van der Waals surface area contributed by atoms with Crippen LogP contribution in [0.25, 0.3) is 12.2 Å². The van der Waals surface area contributed by atoms with Crippen molar-refractivity contribution >= 4 is 23.5 Å². The zero-order valence-electron chi connectivity index (χ0n) is 16.2. The van der Waals surface area contributed by atoms with Gasteiger partial charge in [0.2, 0.25) is 5.82 Å². The number of allylic oxidation sites excluding steroid dienone is 2. The summed E-state index contributed by atoms with van der Waals surface area (Å²) in [5.41, 5.74) is 7.72. The Labute approximate surface area is 162 Å². The lowest BCUT2D eigenvalue weighted by molar-refractivity contribution is -0.387. The molecule has 2 aromatic carbocycles. The van der Waals surface area contributed by atoms with E-state index < -0.39 is 16.4 Å². The fraction of sp³-hybridized carbons (Fsp3) is 0.273. The van der Waals surface area contributed by atoms with E-state index in [2.05, 4.69) is 13.8 Å². The fourth-order valence-electron chi connectivity index (χ4n) is 3.54. The Morgan fingerprint density at radius 2 is 1.32 bits per heavy atom. The molecule has 0 radical (unpaired) electrons. The van der Waals surface area contributed by atoms with Gasteiger partial charge in [0.05, 0.1) is 10.6 Å². The van der Waals surface area contributed by atoms with Gasteiger partial charge in [-0.05, 0) is 17.2 Å². The van der Waals surface area contributed by atoms with Crippen LogP contribution in [0.5, 0.6) is 0 Å². The predicted octanol–water partition coefficient (Wildman–Crippen LogP) is 5.75. The molecule has 0 unspecified atom stereocenters. The number of nitro benzene ring substituents is 1. The van der Waals surface area contributed by atoms with Crippen molar-refractivity contribution in [3.63, 3.8) is 0 Å². The first-order valence-corrected chi connectivity index (χ1v) is 8.90. The lowest BCUT2D eigenvalue weighted by Crippen LogP contribution is -2.11. The molecule has 0 aromatic heterocycles. The Morgan fingerprint density at radius 3 is 1.82 bits per heavy atom. The van der Waals surface area contributed by atoms with Crippen LogP contribution in [0, 0.1) is 21.7 Å². The molecule has 2 aliphatic carbocycles. The maximum atomic E-state index is 13.7. The van der Waals surface area contributed by atoms with E-state index in [0.29, 0.717) is 11.1 Å². The summed E-state index contributed by atoms with van der Waals surface area (Å²) >= 11 is 0. The van der Waals surface area contributed by atoms with Gasteiger partial charge in [-0.2, -0.15) is 4.39 Å². The molecule has 0 aliphatic heterocycles. The van der Waals surface area contributed by atoms with Gasteiger partial charge in [-0.3, -0.25) is 10.1 Å². The molecular weight excluding hydrogens is 362 g/mol. The maximum Gasteiger partial charge on any atom is 0.305 e.